The quantitative estimate of drug-likeness (QED) is 0.0747. The van der Waals surface area contributed by atoms with E-state index in [-0.39, 0.29) is 46.2 Å². The number of rotatable bonds is 15. The zero-order chi connectivity index (χ0) is 53.3. The number of para-hydroxylation sites is 1. The molecular formula is C58H75N7O9S. The molecule has 2 N–H and O–H groups in total. The zero-order valence-electron chi connectivity index (χ0n) is 45.6. The molecular weight excluding hydrogens is 971 g/mol. The minimum absolute atomic E-state index is 0.0295. The van der Waals surface area contributed by atoms with E-state index in [4.69, 9.17) is 38.5 Å². The predicted octanol–water partition coefficient (Wildman–Crippen LogP) is 10.8. The van der Waals surface area contributed by atoms with Gasteiger partial charge in [0.05, 0.1) is 28.6 Å². The second-order valence-electron chi connectivity index (χ2n) is 25.3. The molecule has 0 spiro atoms. The first-order valence-electron chi connectivity index (χ1n) is 26.6. The van der Waals surface area contributed by atoms with Gasteiger partial charge in [-0.3, -0.25) is 14.8 Å². The highest BCUT2D eigenvalue weighted by atomic mass is 32.1. The van der Waals surface area contributed by atoms with Gasteiger partial charge in [-0.05, 0) is 165 Å². The Morgan fingerprint density at radius 2 is 1.56 bits per heavy atom. The molecule has 4 bridgehead atoms. The number of esters is 1. The monoisotopic (exact) mass is 1050 g/mol. The maximum absolute atomic E-state index is 14.3. The van der Waals surface area contributed by atoms with Gasteiger partial charge in [-0.15, -0.1) is 0 Å². The van der Waals surface area contributed by atoms with Gasteiger partial charge in [0.25, 0.3) is 5.91 Å². The van der Waals surface area contributed by atoms with Crippen LogP contribution in [-0.4, -0.2) is 105 Å². The first-order valence-corrected chi connectivity index (χ1v) is 27.4. The number of hydrogen-bond donors (Lipinski definition) is 2. The van der Waals surface area contributed by atoms with Gasteiger partial charge in [0.1, 0.15) is 35.8 Å². The lowest BCUT2D eigenvalue weighted by atomic mass is 9.39. The topological polar surface area (TPSA) is 177 Å². The third-order valence-electron chi connectivity index (χ3n) is 15.4. The van der Waals surface area contributed by atoms with Gasteiger partial charge in [-0.1, -0.05) is 49.4 Å². The summed E-state index contributed by atoms with van der Waals surface area (Å²) in [6, 6.07) is 17.7. The third-order valence-corrected chi connectivity index (χ3v) is 16.4. The Morgan fingerprint density at radius 1 is 0.827 bits per heavy atom. The molecule has 4 aliphatic carbocycles. The molecule has 16 nitrogen and oxygen atoms in total. The molecule has 6 aliphatic rings. The molecule has 1 unspecified atom stereocenters. The number of aromatic nitrogens is 4. The van der Waals surface area contributed by atoms with Gasteiger partial charge in [0.2, 0.25) is 0 Å². The fourth-order valence-corrected chi connectivity index (χ4v) is 14.8. The number of carbonyl (C=O) groups excluding carboxylic acids is 3. The van der Waals surface area contributed by atoms with Crippen molar-refractivity contribution in [1.29, 1.82) is 0 Å². The molecule has 1 saturated heterocycles. The third kappa shape index (κ3) is 11.6. The molecule has 5 fully saturated rings. The summed E-state index contributed by atoms with van der Waals surface area (Å²) in [5.74, 6) is -0.896. The van der Waals surface area contributed by atoms with Gasteiger partial charge in [-0.25, -0.2) is 19.6 Å². The Hall–Kier alpha value is -5.46. The van der Waals surface area contributed by atoms with Crippen LogP contribution in [0.25, 0.3) is 21.3 Å². The van der Waals surface area contributed by atoms with E-state index < -0.39 is 35.2 Å². The summed E-state index contributed by atoms with van der Waals surface area (Å²) in [5, 5.41) is 12.2. The van der Waals surface area contributed by atoms with Crippen molar-refractivity contribution in [3.8, 4) is 11.1 Å². The second kappa shape index (κ2) is 19.5. The summed E-state index contributed by atoms with van der Waals surface area (Å²) in [7, 11) is 0. The van der Waals surface area contributed by atoms with E-state index in [2.05, 4.69) is 52.0 Å². The number of ether oxygens (including phenoxy) is 6. The fourth-order valence-electron chi connectivity index (χ4n) is 14.0. The van der Waals surface area contributed by atoms with E-state index in [9.17, 15) is 14.4 Å². The van der Waals surface area contributed by atoms with E-state index in [1.807, 2.05) is 89.3 Å². The summed E-state index contributed by atoms with van der Waals surface area (Å²) in [6.07, 6.45) is 7.46. The molecule has 2 aromatic carbocycles. The number of thiazole rings is 1. The van der Waals surface area contributed by atoms with Crippen molar-refractivity contribution in [3.05, 3.63) is 88.9 Å². The number of nitrogens with zero attached hydrogens (tertiary/aromatic N) is 5. The maximum atomic E-state index is 14.3. The molecule has 5 aromatic rings. The van der Waals surface area contributed by atoms with E-state index in [1.165, 1.54) is 17.8 Å². The van der Waals surface area contributed by atoms with Crippen molar-refractivity contribution in [2.24, 2.45) is 16.2 Å². The Labute approximate surface area is 444 Å². The lowest BCUT2D eigenvalue weighted by Gasteiger charge is -2.69. The SMILES string of the molecule is Cc1c(-c2ccc(N3CCc4cccc(C(=O)Nc5nc6ccccc6s5)c4C3)nc2C(=O)OC(C)(C)C)cnn1CC12C[C@@]3(C)C[C@@](C)(C1)C[C@@](OCCNC[C@@H]1OC(C)(C)O[C@H]1COC(=O)OC(C)(C)C)(C2)C3. The second-order valence-corrected chi connectivity index (χ2v) is 26.4. The van der Waals surface area contributed by atoms with Crippen molar-refractivity contribution in [1.82, 2.24) is 25.1 Å². The summed E-state index contributed by atoms with van der Waals surface area (Å²) in [6.45, 7) is 25.3. The number of amides is 1. The van der Waals surface area contributed by atoms with Gasteiger partial charge in [-0.2, -0.15) is 5.10 Å². The maximum Gasteiger partial charge on any atom is 0.508 e. The van der Waals surface area contributed by atoms with Gasteiger partial charge < -0.3 is 38.6 Å². The van der Waals surface area contributed by atoms with Gasteiger partial charge >= 0.3 is 12.1 Å². The number of fused-ring (bicyclic) bond motifs is 2. The molecule has 75 heavy (non-hydrogen) atoms. The molecule has 1 amide bonds. The summed E-state index contributed by atoms with van der Waals surface area (Å²) >= 11 is 1.45. The van der Waals surface area contributed by atoms with E-state index in [0.717, 1.165) is 71.2 Å². The van der Waals surface area contributed by atoms with Crippen LogP contribution in [0.3, 0.4) is 0 Å². The number of benzene rings is 2. The standard InChI is InChI=1S/C58H75N7O9S/c1-36-40(38-19-20-46(62-47(38)49(67)73-52(2,3)4)64-23-21-37-15-14-16-39(41(37)27-64)48(66)63-50-61-42-17-12-13-18-45(42)75-50)25-60-65(36)35-57-30-55(10)29-56(11,31-57)33-58(32-55,34-57)70-24-22-59-26-43-44(72-54(8,9)71-43)28-69-51(68)74-53(5,6)7/h12-20,25,43-44,59H,21-24,26-35H2,1-11H3,(H,61,63,66)/t43-,44-,55-,56+,57?,58-/m0/s1. The fraction of sp³-hybridized carbons (Fsp3) is 0.586. The average Bonchev–Trinajstić information content (AvgIpc) is 3.97. The van der Waals surface area contributed by atoms with Crippen LogP contribution in [0.15, 0.2) is 60.8 Å². The molecule has 5 heterocycles. The number of carbonyl (C=O) groups is 3. The van der Waals surface area contributed by atoms with Gasteiger partial charge in [0.15, 0.2) is 16.6 Å². The zero-order valence-corrected chi connectivity index (χ0v) is 46.5. The van der Waals surface area contributed by atoms with Crippen LogP contribution < -0.4 is 15.5 Å². The normalized spacial score (nSPS) is 26.8. The van der Waals surface area contributed by atoms with Crippen LogP contribution in [0.2, 0.25) is 0 Å². The minimum Gasteiger partial charge on any atom is -0.455 e. The van der Waals surface area contributed by atoms with Crippen LogP contribution in [0.5, 0.6) is 0 Å². The van der Waals surface area contributed by atoms with E-state index in [0.29, 0.717) is 61.3 Å². The molecule has 17 heteroatoms. The van der Waals surface area contributed by atoms with Crippen LogP contribution in [0.1, 0.15) is 145 Å². The average molecular weight is 1050 g/mol. The first-order chi connectivity index (χ1) is 35.3. The van der Waals surface area contributed by atoms with Crippen molar-refractivity contribution < 1.29 is 42.8 Å². The Balaban J connectivity index is 0.835. The number of nitrogens with one attached hydrogen (secondary N) is 2. The van der Waals surface area contributed by atoms with Crippen molar-refractivity contribution >= 4 is 50.5 Å². The van der Waals surface area contributed by atoms with Crippen molar-refractivity contribution in [2.45, 2.75) is 169 Å². The number of hydrogen-bond acceptors (Lipinski definition) is 15. The Kier molecular flexibility index (Phi) is 13.8. The number of pyridine rings is 1. The van der Waals surface area contributed by atoms with Crippen LogP contribution >= 0.6 is 11.3 Å². The molecule has 2 aliphatic heterocycles. The highest BCUT2D eigenvalue weighted by Crippen LogP contribution is 2.72. The van der Waals surface area contributed by atoms with E-state index in [1.54, 1.807) is 20.8 Å². The highest BCUT2D eigenvalue weighted by Gasteiger charge is 2.66. The minimum atomic E-state index is -0.812. The molecule has 0 radical (unpaired) electrons. The van der Waals surface area contributed by atoms with Crippen LogP contribution in [0.4, 0.5) is 15.7 Å². The predicted molar refractivity (Wildman–Crippen MR) is 288 cm³/mol. The van der Waals surface area contributed by atoms with Crippen LogP contribution in [0, 0.1) is 23.2 Å². The number of anilines is 2. The Bertz CT molecular complexity index is 2940. The summed E-state index contributed by atoms with van der Waals surface area (Å²) in [5.41, 5.74) is 4.72. The summed E-state index contributed by atoms with van der Waals surface area (Å²) < 4.78 is 39.4. The van der Waals surface area contributed by atoms with Gasteiger partial charge in [0, 0.05) is 55.1 Å². The van der Waals surface area contributed by atoms with Crippen molar-refractivity contribution in [3.63, 3.8) is 0 Å². The largest absolute Gasteiger partial charge is 0.508 e. The molecule has 4 saturated carbocycles. The van der Waals surface area contributed by atoms with Crippen LogP contribution in [-0.2, 0) is 47.9 Å². The highest BCUT2D eigenvalue weighted by molar-refractivity contribution is 7.22. The molecule has 3 aromatic heterocycles. The lowest BCUT2D eigenvalue weighted by molar-refractivity contribution is -0.247. The Morgan fingerprint density at radius 3 is 2.29 bits per heavy atom. The molecule has 11 rings (SSSR count). The van der Waals surface area contributed by atoms with E-state index >= 15 is 0 Å². The summed E-state index contributed by atoms with van der Waals surface area (Å²) in [4.78, 5) is 52.3. The van der Waals surface area contributed by atoms with Crippen molar-refractivity contribution in [2.75, 3.05) is 43.1 Å². The lowest BCUT2D eigenvalue weighted by Crippen LogP contribution is -2.64. The smallest absolute Gasteiger partial charge is 0.455 e. The molecule has 402 valence electrons. The first kappa shape index (κ1) is 53.0. The molecule has 6 atom stereocenters.